The van der Waals surface area contributed by atoms with Gasteiger partial charge < -0.3 is 11.1 Å². The van der Waals surface area contributed by atoms with Crippen molar-refractivity contribution in [3.63, 3.8) is 0 Å². The SMILES string of the molecule is CCCCCCC(C)NC(=O)[C@@H](N)CCCC. The summed E-state index contributed by atoms with van der Waals surface area (Å²) in [6, 6.07) is -0.0694. The second kappa shape index (κ2) is 10.6. The largest absolute Gasteiger partial charge is 0.352 e. The number of nitrogens with one attached hydrogen (secondary N) is 1. The van der Waals surface area contributed by atoms with Gasteiger partial charge in [-0.15, -0.1) is 0 Å². The van der Waals surface area contributed by atoms with Crippen molar-refractivity contribution in [2.75, 3.05) is 0 Å². The van der Waals surface area contributed by atoms with E-state index in [4.69, 9.17) is 5.73 Å². The molecule has 2 atom stereocenters. The van der Waals surface area contributed by atoms with E-state index in [0.717, 1.165) is 25.7 Å². The first-order valence-corrected chi connectivity index (χ1v) is 7.17. The van der Waals surface area contributed by atoms with Gasteiger partial charge in [-0.2, -0.15) is 0 Å². The Labute approximate surface area is 107 Å². The molecular formula is C14H30N2O. The summed E-state index contributed by atoms with van der Waals surface area (Å²) in [5.74, 6) is 0.0152. The standard InChI is InChI=1S/C14H30N2O/c1-4-6-8-9-10-12(3)16-14(17)13(15)11-7-5-2/h12-13H,4-11,15H2,1-3H3,(H,16,17)/t12?,13-/m0/s1. The zero-order valence-electron chi connectivity index (χ0n) is 11.8. The van der Waals surface area contributed by atoms with Crippen molar-refractivity contribution in [3.8, 4) is 0 Å². The van der Waals surface area contributed by atoms with E-state index in [2.05, 4.69) is 26.1 Å². The predicted octanol–water partition coefficient (Wildman–Crippen LogP) is 2.98. The van der Waals surface area contributed by atoms with Gasteiger partial charge >= 0.3 is 0 Å². The van der Waals surface area contributed by atoms with Gasteiger partial charge in [0.25, 0.3) is 0 Å². The lowest BCUT2D eigenvalue weighted by Gasteiger charge is -2.17. The van der Waals surface area contributed by atoms with Crippen molar-refractivity contribution in [3.05, 3.63) is 0 Å². The quantitative estimate of drug-likeness (QED) is 0.579. The number of amides is 1. The molecule has 0 bridgehead atoms. The first-order chi connectivity index (χ1) is 8.11. The highest BCUT2D eigenvalue weighted by Crippen LogP contribution is 2.06. The van der Waals surface area contributed by atoms with Crippen molar-refractivity contribution in [2.45, 2.75) is 84.2 Å². The molecule has 0 aliphatic rings. The fraction of sp³-hybridized carbons (Fsp3) is 0.929. The van der Waals surface area contributed by atoms with E-state index in [0.29, 0.717) is 0 Å². The van der Waals surface area contributed by atoms with Crippen LogP contribution in [0, 0.1) is 0 Å². The minimum absolute atomic E-state index is 0.0152. The second-order valence-corrected chi connectivity index (χ2v) is 5.01. The Bertz CT molecular complexity index is 195. The van der Waals surface area contributed by atoms with Gasteiger partial charge in [-0.25, -0.2) is 0 Å². The second-order valence-electron chi connectivity index (χ2n) is 5.01. The smallest absolute Gasteiger partial charge is 0.237 e. The average Bonchev–Trinajstić information content (AvgIpc) is 2.31. The highest BCUT2D eigenvalue weighted by molar-refractivity contribution is 5.81. The van der Waals surface area contributed by atoms with Crippen LogP contribution in [-0.2, 0) is 4.79 Å². The van der Waals surface area contributed by atoms with E-state index in [1.165, 1.54) is 25.7 Å². The van der Waals surface area contributed by atoms with Crippen LogP contribution in [0.1, 0.15) is 72.1 Å². The highest BCUT2D eigenvalue weighted by Gasteiger charge is 2.14. The van der Waals surface area contributed by atoms with Crippen LogP contribution in [0.4, 0.5) is 0 Å². The number of nitrogens with two attached hydrogens (primary N) is 1. The molecule has 0 rings (SSSR count). The molecule has 3 nitrogen and oxygen atoms in total. The Morgan fingerprint density at radius 2 is 1.71 bits per heavy atom. The van der Waals surface area contributed by atoms with E-state index in [1.54, 1.807) is 0 Å². The first-order valence-electron chi connectivity index (χ1n) is 7.17. The summed E-state index contributed by atoms with van der Waals surface area (Å²) in [6.07, 6.45) is 8.97. The van der Waals surface area contributed by atoms with E-state index in [-0.39, 0.29) is 18.0 Å². The van der Waals surface area contributed by atoms with Gasteiger partial charge in [-0.1, -0.05) is 52.4 Å². The summed E-state index contributed by atoms with van der Waals surface area (Å²) in [6.45, 7) is 6.38. The Kier molecular flexibility index (Phi) is 10.2. The molecule has 0 aromatic heterocycles. The van der Waals surface area contributed by atoms with Crippen molar-refractivity contribution in [2.24, 2.45) is 5.73 Å². The maximum atomic E-state index is 11.7. The molecule has 0 aliphatic heterocycles. The van der Waals surface area contributed by atoms with Crippen LogP contribution in [-0.4, -0.2) is 18.0 Å². The number of hydrogen-bond donors (Lipinski definition) is 2. The number of carbonyl (C=O) groups excluding carboxylic acids is 1. The number of rotatable bonds is 10. The molecule has 0 aliphatic carbocycles. The molecule has 102 valence electrons. The normalized spacial score (nSPS) is 14.4. The molecule has 3 heteroatoms. The lowest BCUT2D eigenvalue weighted by atomic mass is 10.1. The maximum Gasteiger partial charge on any atom is 0.237 e. The maximum absolute atomic E-state index is 11.7. The third kappa shape index (κ3) is 9.16. The molecule has 1 unspecified atom stereocenters. The fourth-order valence-electron chi connectivity index (χ4n) is 1.85. The third-order valence-corrected chi connectivity index (χ3v) is 3.08. The summed E-state index contributed by atoms with van der Waals surface area (Å²) in [5, 5.41) is 3.00. The minimum Gasteiger partial charge on any atom is -0.352 e. The van der Waals surface area contributed by atoms with Crippen molar-refractivity contribution in [1.29, 1.82) is 0 Å². The van der Waals surface area contributed by atoms with Crippen molar-refractivity contribution >= 4 is 5.91 Å². The Balaban J connectivity index is 3.63. The number of unbranched alkanes of at least 4 members (excludes halogenated alkanes) is 4. The summed E-state index contributed by atoms with van der Waals surface area (Å²) >= 11 is 0. The average molecular weight is 242 g/mol. The molecule has 0 fully saturated rings. The van der Waals surface area contributed by atoms with Gasteiger partial charge in [0.15, 0.2) is 0 Å². The van der Waals surface area contributed by atoms with E-state index >= 15 is 0 Å². The van der Waals surface area contributed by atoms with E-state index in [1.807, 2.05) is 0 Å². The van der Waals surface area contributed by atoms with E-state index in [9.17, 15) is 4.79 Å². The minimum atomic E-state index is -0.326. The van der Waals surface area contributed by atoms with Crippen LogP contribution in [0.15, 0.2) is 0 Å². The molecule has 0 saturated heterocycles. The first kappa shape index (κ1) is 16.4. The van der Waals surface area contributed by atoms with Gasteiger partial charge in [-0.05, 0) is 19.8 Å². The Morgan fingerprint density at radius 1 is 1.06 bits per heavy atom. The summed E-state index contributed by atoms with van der Waals surface area (Å²) < 4.78 is 0. The number of hydrogen-bond acceptors (Lipinski definition) is 2. The van der Waals surface area contributed by atoms with Crippen LogP contribution in [0.3, 0.4) is 0 Å². The van der Waals surface area contributed by atoms with Crippen LogP contribution in [0.25, 0.3) is 0 Å². The molecule has 0 spiro atoms. The van der Waals surface area contributed by atoms with Gasteiger partial charge in [0.1, 0.15) is 0 Å². The molecule has 0 saturated carbocycles. The summed E-state index contributed by atoms with van der Waals surface area (Å²) in [4.78, 5) is 11.7. The summed E-state index contributed by atoms with van der Waals surface area (Å²) in [7, 11) is 0. The van der Waals surface area contributed by atoms with E-state index < -0.39 is 0 Å². The molecule has 3 N–H and O–H groups in total. The van der Waals surface area contributed by atoms with Crippen LogP contribution in [0.5, 0.6) is 0 Å². The Hall–Kier alpha value is -0.570. The topological polar surface area (TPSA) is 55.1 Å². The lowest BCUT2D eigenvalue weighted by molar-refractivity contribution is -0.123. The van der Waals surface area contributed by atoms with Gasteiger partial charge in [-0.3, -0.25) is 4.79 Å². The predicted molar refractivity (Wildman–Crippen MR) is 73.9 cm³/mol. The molecular weight excluding hydrogens is 212 g/mol. The monoisotopic (exact) mass is 242 g/mol. The van der Waals surface area contributed by atoms with Crippen LogP contribution in [0.2, 0.25) is 0 Å². The van der Waals surface area contributed by atoms with Crippen molar-refractivity contribution < 1.29 is 4.79 Å². The summed E-state index contributed by atoms with van der Waals surface area (Å²) in [5.41, 5.74) is 5.82. The molecule has 17 heavy (non-hydrogen) atoms. The molecule has 0 radical (unpaired) electrons. The zero-order valence-corrected chi connectivity index (χ0v) is 11.8. The highest BCUT2D eigenvalue weighted by atomic mass is 16.2. The van der Waals surface area contributed by atoms with Gasteiger partial charge in [0.2, 0.25) is 5.91 Å². The van der Waals surface area contributed by atoms with Crippen molar-refractivity contribution in [1.82, 2.24) is 5.32 Å². The number of carbonyl (C=O) groups is 1. The molecule has 0 aromatic rings. The van der Waals surface area contributed by atoms with Gasteiger partial charge in [0.05, 0.1) is 6.04 Å². The van der Waals surface area contributed by atoms with Gasteiger partial charge in [0, 0.05) is 6.04 Å². The third-order valence-electron chi connectivity index (χ3n) is 3.08. The van der Waals surface area contributed by atoms with Crippen LogP contribution < -0.4 is 11.1 Å². The molecule has 1 amide bonds. The van der Waals surface area contributed by atoms with Crippen LogP contribution >= 0.6 is 0 Å². The molecule has 0 heterocycles. The Morgan fingerprint density at radius 3 is 2.29 bits per heavy atom. The fourth-order valence-corrected chi connectivity index (χ4v) is 1.85. The molecule has 0 aromatic carbocycles. The zero-order chi connectivity index (χ0) is 13.1. The lowest BCUT2D eigenvalue weighted by Crippen LogP contribution is -2.44.